The fourth-order valence-electron chi connectivity index (χ4n) is 7.86. The maximum absolute atomic E-state index is 11.8. The van der Waals surface area contributed by atoms with Crippen LogP contribution < -0.4 is 0 Å². The van der Waals surface area contributed by atoms with E-state index in [1.165, 1.54) is 64.2 Å². The van der Waals surface area contributed by atoms with Gasteiger partial charge in [0.05, 0.1) is 13.2 Å². The fraction of sp³-hybridized carbons (Fsp3) is 0.763. The fourth-order valence-corrected chi connectivity index (χ4v) is 7.86. The lowest BCUT2D eigenvalue weighted by Gasteiger charge is -2.59. The SMILES string of the molecule is C=C(C)C(=O)OC1(C)C2CC3CC(C2)CC1C3.C=C(C)C(=O)OC1(C)CCCCCCC1.C=C(C)C(=O)OC1(C)CCOCC1. The molecule has 7 nitrogen and oxygen atoms in total. The van der Waals surface area contributed by atoms with Crippen molar-refractivity contribution in [2.75, 3.05) is 13.2 Å². The summed E-state index contributed by atoms with van der Waals surface area (Å²) in [4.78, 5) is 34.6. The summed E-state index contributed by atoms with van der Waals surface area (Å²) in [6.07, 6.45) is 16.2. The molecule has 5 saturated carbocycles. The molecule has 7 heteroatoms. The Bertz CT molecular complexity index is 1060. The summed E-state index contributed by atoms with van der Waals surface area (Å²) in [5.41, 5.74) is 0.666. The maximum Gasteiger partial charge on any atom is 0.333 e. The Morgan fingerprint density at radius 1 is 0.556 bits per heavy atom. The van der Waals surface area contributed by atoms with E-state index in [-0.39, 0.29) is 34.7 Å². The van der Waals surface area contributed by atoms with Gasteiger partial charge >= 0.3 is 17.9 Å². The van der Waals surface area contributed by atoms with E-state index in [2.05, 4.69) is 33.6 Å². The van der Waals surface area contributed by atoms with Crippen molar-refractivity contribution in [3.8, 4) is 0 Å². The molecule has 0 aromatic heterocycles. The average Bonchev–Trinajstić information content (AvgIpc) is 2.94. The van der Waals surface area contributed by atoms with Gasteiger partial charge in [-0.3, -0.25) is 0 Å². The van der Waals surface area contributed by atoms with Gasteiger partial charge in [-0.1, -0.05) is 39.0 Å². The lowest BCUT2D eigenvalue weighted by Crippen LogP contribution is -2.58. The molecule has 45 heavy (non-hydrogen) atoms. The Balaban J connectivity index is 0.000000186. The third-order valence-electron chi connectivity index (χ3n) is 10.8. The normalized spacial score (nSPS) is 30.8. The first-order valence-electron chi connectivity index (χ1n) is 17.3. The van der Waals surface area contributed by atoms with Gasteiger partial charge in [0.15, 0.2) is 0 Å². The van der Waals surface area contributed by atoms with Gasteiger partial charge in [-0.15, -0.1) is 0 Å². The molecule has 0 unspecified atom stereocenters. The minimum atomic E-state index is -0.353. The Kier molecular flexibility index (Phi) is 13.1. The third kappa shape index (κ3) is 10.6. The average molecular weight is 629 g/mol. The number of carbonyl (C=O) groups is 3. The van der Waals surface area contributed by atoms with Gasteiger partial charge in [-0.05, 0) is 123 Å². The second-order valence-corrected chi connectivity index (χ2v) is 15.3. The van der Waals surface area contributed by atoms with E-state index in [1.54, 1.807) is 20.8 Å². The van der Waals surface area contributed by atoms with E-state index in [0.29, 0.717) is 41.8 Å². The van der Waals surface area contributed by atoms with Crippen LogP contribution in [0, 0.1) is 23.7 Å². The summed E-state index contributed by atoms with van der Waals surface area (Å²) < 4.78 is 21.9. The van der Waals surface area contributed by atoms with Crippen LogP contribution in [0.5, 0.6) is 0 Å². The van der Waals surface area contributed by atoms with E-state index in [0.717, 1.165) is 37.5 Å². The van der Waals surface area contributed by atoms with Crippen molar-refractivity contribution < 1.29 is 33.3 Å². The zero-order chi connectivity index (χ0) is 33.4. The van der Waals surface area contributed by atoms with Crippen LogP contribution in [-0.4, -0.2) is 47.9 Å². The molecule has 6 fully saturated rings. The van der Waals surface area contributed by atoms with Crippen LogP contribution in [0.1, 0.15) is 131 Å². The Morgan fingerprint density at radius 3 is 1.31 bits per heavy atom. The highest BCUT2D eigenvalue weighted by Crippen LogP contribution is 2.59. The van der Waals surface area contributed by atoms with Gasteiger partial charge in [0.1, 0.15) is 16.8 Å². The van der Waals surface area contributed by atoms with Crippen molar-refractivity contribution >= 4 is 17.9 Å². The predicted molar refractivity (Wildman–Crippen MR) is 177 cm³/mol. The van der Waals surface area contributed by atoms with Gasteiger partial charge in [-0.25, -0.2) is 14.4 Å². The molecule has 0 amide bonds. The summed E-state index contributed by atoms with van der Waals surface area (Å²) in [5.74, 6) is 2.29. The van der Waals surface area contributed by atoms with E-state index in [4.69, 9.17) is 18.9 Å². The van der Waals surface area contributed by atoms with Crippen LogP contribution in [0.2, 0.25) is 0 Å². The van der Waals surface area contributed by atoms with Gasteiger partial charge in [0, 0.05) is 29.6 Å². The molecule has 0 aromatic rings. The summed E-state index contributed by atoms with van der Waals surface area (Å²) in [6.45, 7) is 23.5. The molecule has 1 heterocycles. The van der Waals surface area contributed by atoms with Crippen molar-refractivity contribution in [2.24, 2.45) is 23.7 Å². The Hall–Kier alpha value is -2.41. The second kappa shape index (κ2) is 15.9. The molecule has 1 saturated heterocycles. The van der Waals surface area contributed by atoms with Crippen LogP contribution in [0.15, 0.2) is 36.5 Å². The van der Waals surface area contributed by atoms with Crippen LogP contribution in [0.3, 0.4) is 0 Å². The van der Waals surface area contributed by atoms with Crippen molar-refractivity contribution in [1.82, 2.24) is 0 Å². The van der Waals surface area contributed by atoms with Gasteiger partial charge in [0.25, 0.3) is 0 Å². The highest BCUT2D eigenvalue weighted by atomic mass is 16.6. The quantitative estimate of drug-likeness (QED) is 0.165. The van der Waals surface area contributed by atoms with Gasteiger partial charge in [0.2, 0.25) is 0 Å². The Labute approximate surface area is 272 Å². The molecule has 1 aliphatic heterocycles. The number of ether oxygens (including phenoxy) is 4. The summed E-state index contributed by atoms with van der Waals surface area (Å²) in [6, 6.07) is 0. The Morgan fingerprint density at radius 2 is 0.911 bits per heavy atom. The van der Waals surface area contributed by atoms with Crippen molar-refractivity contribution in [2.45, 2.75) is 148 Å². The molecule has 0 N–H and O–H groups in total. The first-order valence-corrected chi connectivity index (χ1v) is 17.3. The first kappa shape index (κ1) is 37.1. The molecule has 254 valence electrons. The zero-order valence-corrected chi connectivity index (χ0v) is 29.1. The number of carbonyl (C=O) groups excluding carboxylic acids is 3. The third-order valence-corrected chi connectivity index (χ3v) is 10.8. The molecule has 5 aliphatic carbocycles. The van der Waals surface area contributed by atoms with Gasteiger partial charge in [-0.2, -0.15) is 0 Å². The molecule has 6 aliphatic rings. The molecular weight excluding hydrogens is 568 g/mol. The monoisotopic (exact) mass is 628 g/mol. The highest BCUT2D eigenvalue weighted by molar-refractivity contribution is 5.88. The molecule has 0 aromatic carbocycles. The molecule has 4 bridgehead atoms. The number of hydrogen-bond donors (Lipinski definition) is 0. The topological polar surface area (TPSA) is 88.1 Å². The van der Waals surface area contributed by atoms with Gasteiger partial charge < -0.3 is 18.9 Å². The van der Waals surface area contributed by atoms with E-state index >= 15 is 0 Å². The van der Waals surface area contributed by atoms with Crippen LogP contribution in [-0.2, 0) is 33.3 Å². The lowest BCUT2D eigenvalue weighted by atomic mass is 9.50. The molecule has 0 radical (unpaired) electrons. The van der Waals surface area contributed by atoms with Crippen molar-refractivity contribution in [3.05, 3.63) is 36.5 Å². The summed E-state index contributed by atoms with van der Waals surface area (Å²) in [7, 11) is 0. The number of hydrogen-bond acceptors (Lipinski definition) is 7. The lowest BCUT2D eigenvalue weighted by molar-refractivity contribution is -0.199. The van der Waals surface area contributed by atoms with Crippen molar-refractivity contribution in [1.29, 1.82) is 0 Å². The predicted octanol–water partition coefficient (Wildman–Crippen LogP) is 8.60. The van der Waals surface area contributed by atoms with Crippen LogP contribution in [0.25, 0.3) is 0 Å². The van der Waals surface area contributed by atoms with E-state index in [9.17, 15) is 14.4 Å². The number of rotatable bonds is 6. The maximum atomic E-state index is 11.8. The largest absolute Gasteiger partial charge is 0.456 e. The molecule has 6 rings (SSSR count). The number of esters is 3. The molecule has 0 spiro atoms. The van der Waals surface area contributed by atoms with Crippen molar-refractivity contribution in [3.63, 3.8) is 0 Å². The molecular formula is C38H60O7. The van der Waals surface area contributed by atoms with Crippen LogP contribution in [0.4, 0.5) is 0 Å². The highest BCUT2D eigenvalue weighted by Gasteiger charge is 2.57. The minimum Gasteiger partial charge on any atom is -0.456 e. The summed E-state index contributed by atoms with van der Waals surface area (Å²) >= 11 is 0. The van der Waals surface area contributed by atoms with E-state index in [1.807, 2.05) is 6.92 Å². The standard InChI is InChI=1S/C15H22O2.C13H22O2.C10H16O3/c1-9(2)14(16)17-15(3)12-5-10-4-11(7-12)8-13(15)6-10;1-11(2)12(14)15-13(3)9-7-5-4-6-8-10-13;1-8(2)9(11)13-10(3)4-6-12-7-5-10/h10-13H,1,4-8H2,2-3H3;1,4-10H2,2-3H3;1,4-7H2,2-3H3. The van der Waals surface area contributed by atoms with Crippen LogP contribution >= 0.6 is 0 Å². The smallest absolute Gasteiger partial charge is 0.333 e. The minimum absolute atomic E-state index is 0.194. The molecule has 0 atom stereocenters. The first-order chi connectivity index (χ1) is 21.1. The second-order valence-electron chi connectivity index (χ2n) is 15.3. The summed E-state index contributed by atoms with van der Waals surface area (Å²) in [5, 5.41) is 0. The zero-order valence-electron chi connectivity index (χ0n) is 29.1. The van der Waals surface area contributed by atoms with E-state index < -0.39 is 0 Å².